The lowest BCUT2D eigenvalue weighted by atomic mass is 10.0. The topological polar surface area (TPSA) is 87.5 Å². The quantitative estimate of drug-likeness (QED) is 0.683. The Balaban J connectivity index is 1.41. The van der Waals surface area contributed by atoms with Crippen LogP contribution in [0.25, 0.3) is 22.3 Å². The van der Waals surface area contributed by atoms with Crippen molar-refractivity contribution in [1.29, 1.82) is 0 Å². The second kappa shape index (κ2) is 7.14. The standard InChI is InChI=1S/C23H24N4O4/c1-13(15-9-21(28)24-11-15)31-23-22-18(25-12-27(22)16-3-4-16)10-17(26-23)14-2-5-19-20(8-14)30-7-6-29-19/h2,5,8,10,12-13,15-16H,3-4,6-7,9,11H2,1H3,(H,24,28)/t13-,15?/m1/s1. The van der Waals surface area contributed by atoms with E-state index in [1.165, 1.54) is 0 Å². The van der Waals surface area contributed by atoms with Gasteiger partial charge in [-0.2, -0.15) is 0 Å². The fraction of sp³-hybridized carbons (Fsp3) is 0.435. The maximum atomic E-state index is 11.7. The summed E-state index contributed by atoms with van der Waals surface area (Å²) in [6.45, 7) is 3.73. The number of aromatic nitrogens is 3. The van der Waals surface area contributed by atoms with Crippen LogP contribution >= 0.6 is 0 Å². The number of hydrogen-bond acceptors (Lipinski definition) is 6. The van der Waals surface area contributed by atoms with Crippen molar-refractivity contribution in [2.24, 2.45) is 5.92 Å². The van der Waals surface area contributed by atoms with E-state index in [9.17, 15) is 4.79 Å². The summed E-state index contributed by atoms with van der Waals surface area (Å²) in [6, 6.07) is 8.30. The van der Waals surface area contributed by atoms with Gasteiger partial charge in [-0.25, -0.2) is 9.97 Å². The maximum absolute atomic E-state index is 11.7. The van der Waals surface area contributed by atoms with Crippen molar-refractivity contribution in [3.05, 3.63) is 30.6 Å². The van der Waals surface area contributed by atoms with Gasteiger partial charge in [0.1, 0.15) is 24.8 Å². The number of ether oxygens (including phenoxy) is 3. The summed E-state index contributed by atoms with van der Waals surface area (Å²) in [7, 11) is 0. The summed E-state index contributed by atoms with van der Waals surface area (Å²) in [5.74, 6) is 2.24. The molecule has 2 aliphatic heterocycles. The van der Waals surface area contributed by atoms with Gasteiger partial charge >= 0.3 is 0 Å². The zero-order chi connectivity index (χ0) is 20.9. The van der Waals surface area contributed by atoms with Gasteiger partial charge in [0.05, 0.1) is 17.5 Å². The molecule has 1 saturated carbocycles. The van der Waals surface area contributed by atoms with Crippen LogP contribution in [0, 0.1) is 5.92 Å². The summed E-state index contributed by atoms with van der Waals surface area (Å²) >= 11 is 0. The Kier molecular flexibility index (Phi) is 4.26. The van der Waals surface area contributed by atoms with Gasteiger partial charge in [-0.05, 0) is 44.0 Å². The third-order valence-corrected chi connectivity index (χ3v) is 6.27. The highest BCUT2D eigenvalue weighted by Crippen LogP contribution is 2.41. The predicted molar refractivity (Wildman–Crippen MR) is 113 cm³/mol. The van der Waals surface area contributed by atoms with Crippen molar-refractivity contribution in [2.45, 2.75) is 38.3 Å². The zero-order valence-corrected chi connectivity index (χ0v) is 17.3. The summed E-state index contributed by atoms with van der Waals surface area (Å²) in [5.41, 5.74) is 3.47. The van der Waals surface area contributed by atoms with Gasteiger partial charge in [-0.1, -0.05) is 0 Å². The molecule has 31 heavy (non-hydrogen) atoms. The minimum absolute atomic E-state index is 0.0756. The molecule has 1 aromatic carbocycles. The summed E-state index contributed by atoms with van der Waals surface area (Å²) in [6.07, 6.45) is 4.51. The monoisotopic (exact) mass is 420 g/mol. The SMILES string of the molecule is C[C@@H](Oc1nc(-c2ccc3c(c2)OCCO3)cc2ncn(C3CC3)c12)C1CNC(=O)C1. The van der Waals surface area contributed by atoms with Crippen LogP contribution in [0.4, 0.5) is 0 Å². The molecule has 2 fully saturated rings. The first-order valence-corrected chi connectivity index (χ1v) is 10.9. The Hall–Kier alpha value is -3.29. The van der Waals surface area contributed by atoms with Gasteiger partial charge in [0, 0.05) is 30.5 Å². The summed E-state index contributed by atoms with van der Waals surface area (Å²) in [5, 5.41) is 2.89. The van der Waals surface area contributed by atoms with Crippen LogP contribution in [0.3, 0.4) is 0 Å². The van der Waals surface area contributed by atoms with Crippen LogP contribution in [0.15, 0.2) is 30.6 Å². The zero-order valence-electron chi connectivity index (χ0n) is 17.3. The lowest BCUT2D eigenvalue weighted by molar-refractivity contribution is -0.119. The molecular weight excluding hydrogens is 396 g/mol. The summed E-state index contributed by atoms with van der Waals surface area (Å²) in [4.78, 5) is 21.2. The second-order valence-electron chi connectivity index (χ2n) is 8.51. The van der Waals surface area contributed by atoms with Gasteiger partial charge in [0.2, 0.25) is 11.8 Å². The van der Waals surface area contributed by atoms with Crippen LogP contribution < -0.4 is 19.5 Å². The number of pyridine rings is 1. The minimum atomic E-state index is -0.146. The molecule has 1 amide bonds. The first-order chi connectivity index (χ1) is 15.2. The number of fused-ring (bicyclic) bond motifs is 2. The second-order valence-corrected chi connectivity index (χ2v) is 8.51. The Labute approximate surface area is 179 Å². The molecule has 6 rings (SSSR count). The van der Waals surface area contributed by atoms with E-state index in [0.29, 0.717) is 38.1 Å². The highest BCUT2D eigenvalue weighted by Gasteiger charge is 2.31. The molecule has 0 spiro atoms. The molecule has 1 aliphatic carbocycles. The maximum Gasteiger partial charge on any atom is 0.241 e. The third kappa shape index (κ3) is 3.36. The Morgan fingerprint density at radius 1 is 1.19 bits per heavy atom. The van der Waals surface area contributed by atoms with Crippen LogP contribution in [-0.2, 0) is 4.79 Å². The molecule has 8 nitrogen and oxygen atoms in total. The highest BCUT2D eigenvalue weighted by molar-refractivity contribution is 5.85. The number of rotatable bonds is 5. The first kappa shape index (κ1) is 18.5. The van der Waals surface area contributed by atoms with Crippen molar-refractivity contribution in [3.8, 4) is 28.6 Å². The van der Waals surface area contributed by atoms with Crippen LogP contribution in [0.1, 0.15) is 32.2 Å². The van der Waals surface area contributed by atoms with Crippen molar-refractivity contribution in [1.82, 2.24) is 19.9 Å². The van der Waals surface area contributed by atoms with Crippen LogP contribution in [0.5, 0.6) is 17.4 Å². The lowest BCUT2D eigenvalue weighted by Gasteiger charge is -2.21. The summed E-state index contributed by atoms with van der Waals surface area (Å²) < 4.78 is 20.0. The third-order valence-electron chi connectivity index (χ3n) is 6.27. The smallest absolute Gasteiger partial charge is 0.241 e. The fourth-order valence-corrected chi connectivity index (χ4v) is 4.32. The normalized spacial score (nSPS) is 21.2. The van der Waals surface area contributed by atoms with E-state index in [1.54, 1.807) is 0 Å². The molecule has 160 valence electrons. The van der Waals surface area contributed by atoms with E-state index >= 15 is 0 Å². The van der Waals surface area contributed by atoms with Crippen molar-refractivity contribution >= 4 is 16.9 Å². The Morgan fingerprint density at radius 2 is 2.03 bits per heavy atom. The van der Waals surface area contributed by atoms with E-state index in [0.717, 1.165) is 46.6 Å². The molecule has 4 heterocycles. The molecular formula is C23H24N4O4. The molecule has 3 aliphatic rings. The number of carbonyl (C=O) groups excluding carboxylic acids is 1. The molecule has 1 saturated heterocycles. The van der Waals surface area contributed by atoms with Crippen LogP contribution in [0.2, 0.25) is 0 Å². The molecule has 2 aromatic heterocycles. The number of imidazole rings is 1. The molecule has 3 aromatic rings. The minimum Gasteiger partial charge on any atom is -0.486 e. The van der Waals surface area contributed by atoms with Crippen molar-refractivity contribution < 1.29 is 19.0 Å². The number of nitrogens with zero attached hydrogens (tertiary/aromatic N) is 3. The average molecular weight is 420 g/mol. The molecule has 1 N–H and O–H groups in total. The number of benzene rings is 1. The molecule has 1 unspecified atom stereocenters. The van der Waals surface area contributed by atoms with Gasteiger partial charge in [0.15, 0.2) is 11.5 Å². The van der Waals surface area contributed by atoms with Crippen LogP contribution in [-0.4, -0.2) is 46.3 Å². The van der Waals surface area contributed by atoms with Gasteiger partial charge < -0.3 is 24.1 Å². The fourth-order valence-electron chi connectivity index (χ4n) is 4.32. The van der Waals surface area contributed by atoms with E-state index < -0.39 is 0 Å². The molecule has 0 radical (unpaired) electrons. The van der Waals surface area contributed by atoms with Gasteiger partial charge in [-0.15, -0.1) is 0 Å². The molecule has 8 heteroatoms. The molecule has 2 atom stereocenters. The van der Waals surface area contributed by atoms with E-state index in [2.05, 4.69) is 14.9 Å². The number of amides is 1. The van der Waals surface area contributed by atoms with E-state index in [-0.39, 0.29) is 17.9 Å². The number of carbonyl (C=O) groups is 1. The number of hydrogen-bond donors (Lipinski definition) is 1. The number of nitrogens with one attached hydrogen (secondary N) is 1. The first-order valence-electron chi connectivity index (χ1n) is 10.9. The van der Waals surface area contributed by atoms with Gasteiger partial charge in [0.25, 0.3) is 0 Å². The largest absolute Gasteiger partial charge is 0.486 e. The van der Waals surface area contributed by atoms with Crippen molar-refractivity contribution in [3.63, 3.8) is 0 Å². The Morgan fingerprint density at radius 3 is 2.81 bits per heavy atom. The average Bonchev–Trinajstić information content (AvgIpc) is 3.39. The van der Waals surface area contributed by atoms with E-state index in [1.807, 2.05) is 37.5 Å². The van der Waals surface area contributed by atoms with Gasteiger partial charge in [-0.3, -0.25) is 4.79 Å². The predicted octanol–water partition coefficient (Wildman–Crippen LogP) is 3.11. The Bertz CT molecular complexity index is 1170. The molecule has 0 bridgehead atoms. The van der Waals surface area contributed by atoms with Crippen molar-refractivity contribution in [2.75, 3.05) is 19.8 Å². The highest BCUT2D eigenvalue weighted by atomic mass is 16.6. The lowest BCUT2D eigenvalue weighted by Crippen LogP contribution is -2.26. The van der Waals surface area contributed by atoms with E-state index in [4.69, 9.17) is 19.2 Å².